The Hall–Kier alpha value is -0.810. The van der Waals surface area contributed by atoms with Crippen LogP contribution in [0.5, 0.6) is 0 Å². The number of hydrogen-bond acceptors (Lipinski definition) is 3. The van der Waals surface area contributed by atoms with Crippen LogP contribution in [0.15, 0.2) is 0 Å². The molecule has 0 aromatic carbocycles. The monoisotopic (exact) mass is 173 g/mol. The molecule has 1 saturated heterocycles. The summed E-state index contributed by atoms with van der Waals surface area (Å²) in [6.45, 7) is 1.47. The molecule has 0 saturated carbocycles. The van der Waals surface area contributed by atoms with Crippen molar-refractivity contribution in [2.24, 2.45) is 5.84 Å². The van der Waals surface area contributed by atoms with Crippen molar-refractivity contribution in [2.75, 3.05) is 13.2 Å². The SMILES string of the molecule is NNC(=O)NCCC1CCCO1. The van der Waals surface area contributed by atoms with Crippen molar-refractivity contribution in [1.29, 1.82) is 0 Å². The summed E-state index contributed by atoms with van der Waals surface area (Å²) in [5, 5.41) is 2.60. The second-order valence-electron chi connectivity index (χ2n) is 2.82. The van der Waals surface area contributed by atoms with E-state index in [9.17, 15) is 4.79 Å². The summed E-state index contributed by atoms with van der Waals surface area (Å²) in [7, 11) is 0. The van der Waals surface area contributed by atoms with Gasteiger partial charge in [-0.3, -0.25) is 5.43 Å². The molecule has 4 N–H and O–H groups in total. The summed E-state index contributed by atoms with van der Waals surface area (Å²) in [5.74, 6) is 4.87. The smallest absolute Gasteiger partial charge is 0.328 e. The molecule has 0 spiro atoms. The Morgan fingerprint density at radius 3 is 3.08 bits per heavy atom. The highest BCUT2D eigenvalue weighted by Gasteiger charge is 2.14. The number of nitrogens with two attached hydrogens (primary N) is 1. The lowest BCUT2D eigenvalue weighted by molar-refractivity contribution is 0.104. The minimum atomic E-state index is -0.340. The molecular formula is C7H15N3O2. The molecule has 0 aliphatic carbocycles. The Morgan fingerprint density at radius 1 is 1.67 bits per heavy atom. The zero-order valence-corrected chi connectivity index (χ0v) is 7.01. The van der Waals surface area contributed by atoms with Gasteiger partial charge in [-0.15, -0.1) is 0 Å². The van der Waals surface area contributed by atoms with Crippen LogP contribution in [0.2, 0.25) is 0 Å². The number of urea groups is 1. The van der Waals surface area contributed by atoms with Gasteiger partial charge in [0.25, 0.3) is 0 Å². The van der Waals surface area contributed by atoms with Crippen LogP contribution in [0.4, 0.5) is 4.79 Å². The number of amides is 2. The number of ether oxygens (including phenoxy) is 1. The first-order chi connectivity index (χ1) is 5.83. The largest absolute Gasteiger partial charge is 0.378 e. The average Bonchev–Trinajstić information content (AvgIpc) is 2.57. The minimum absolute atomic E-state index is 0.322. The molecule has 1 atom stereocenters. The van der Waals surface area contributed by atoms with E-state index in [1.165, 1.54) is 0 Å². The lowest BCUT2D eigenvalue weighted by Crippen LogP contribution is -2.40. The van der Waals surface area contributed by atoms with E-state index in [1.807, 2.05) is 5.43 Å². The van der Waals surface area contributed by atoms with Crippen LogP contribution >= 0.6 is 0 Å². The van der Waals surface area contributed by atoms with Crippen molar-refractivity contribution >= 4 is 6.03 Å². The third-order valence-corrected chi connectivity index (χ3v) is 1.91. The van der Waals surface area contributed by atoms with Crippen LogP contribution in [0, 0.1) is 0 Å². The first kappa shape index (κ1) is 9.28. The Labute approximate surface area is 71.6 Å². The van der Waals surface area contributed by atoms with Gasteiger partial charge in [0.2, 0.25) is 0 Å². The minimum Gasteiger partial charge on any atom is -0.378 e. The van der Waals surface area contributed by atoms with Gasteiger partial charge in [-0.25, -0.2) is 10.6 Å². The third kappa shape index (κ3) is 3.06. The van der Waals surface area contributed by atoms with Crippen molar-refractivity contribution < 1.29 is 9.53 Å². The summed E-state index contributed by atoms with van der Waals surface area (Å²) in [6, 6.07) is -0.340. The second kappa shape index (κ2) is 4.95. The molecular weight excluding hydrogens is 158 g/mol. The maximum absolute atomic E-state index is 10.6. The molecule has 1 unspecified atom stereocenters. The van der Waals surface area contributed by atoms with Gasteiger partial charge >= 0.3 is 6.03 Å². The van der Waals surface area contributed by atoms with Gasteiger partial charge < -0.3 is 10.1 Å². The Bertz CT molecular complexity index is 146. The molecule has 1 heterocycles. The highest BCUT2D eigenvalue weighted by atomic mass is 16.5. The van der Waals surface area contributed by atoms with E-state index in [4.69, 9.17) is 10.6 Å². The number of rotatable bonds is 3. The van der Waals surface area contributed by atoms with Crippen LogP contribution in [-0.4, -0.2) is 25.3 Å². The van der Waals surface area contributed by atoms with Gasteiger partial charge in [-0.05, 0) is 19.3 Å². The summed E-state index contributed by atoms with van der Waals surface area (Å²) >= 11 is 0. The van der Waals surface area contributed by atoms with Gasteiger partial charge in [-0.2, -0.15) is 0 Å². The second-order valence-corrected chi connectivity index (χ2v) is 2.82. The quantitative estimate of drug-likeness (QED) is 0.312. The van der Waals surface area contributed by atoms with E-state index in [2.05, 4.69) is 5.32 Å². The molecule has 0 radical (unpaired) electrons. The lowest BCUT2D eigenvalue weighted by atomic mass is 10.2. The zero-order valence-electron chi connectivity index (χ0n) is 7.01. The predicted octanol–water partition coefficient (Wildman–Crippen LogP) is -0.272. The first-order valence-corrected chi connectivity index (χ1v) is 4.19. The average molecular weight is 173 g/mol. The standard InChI is InChI=1S/C7H15N3O2/c8-10-7(11)9-4-3-6-2-1-5-12-6/h6H,1-5,8H2,(H2,9,10,11). The molecule has 1 aliphatic rings. The van der Waals surface area contributed by atoms with E-state index in [1.54, 1.807) is 0 Å². The molecule has 0 aromatic heterocycles. The fourth-order valence-corrected chi connectivity index (χ4v) is 1.27. The van der Waals surface area contributed by atoms with Crippen molar-refractivity contribution in [3.05, 3.63) is 0 Å². The fraction of sp³-hybridized carbons (Fsp3) is 0.857. The maximum atomic E-state index is 10.6. The molecule has 0 bridgehead atoms. The van der Waals surface area contributed by atoms with Crippen molar-refractivity contribution in [1.82, 2.24) is 10.7 Å². The Kier molecular flexibility index (Phi) is 3.83. The number of hydrazine groups is 1. The van der Waals surface area contributed by atoms with Gasteiger partial charge in [0.15, 0.2) is 0 Å². The Balaban J connectivity index is 1.97. The molecule has 1 rings (SSSR count). The summed E-state index contributed by atoms with van der Waals surface area (Å²) < 4.78 is 5.37. The van der Waals surface area contributed by atoms with Gasteiger partial charge in [-0.1, -0.05) is 0 Å². The molecule has 2 amide bonds. The van der Waals surface area contributed by atoms with Crippen LogP contribution in [0.1, 0.15) is 19.3 Å². The maximum Gasteiger partial charge on any atom is 0.328 e. The number of hydrogen-bond donors (Lipinski definition) is 3. The number of carbonyl (C=O) groups is 1. The lowest BCUT2D eigenvalue weighted by Gasteiger charge is -2.09. The molecule has 70 valence electrons. The summed E-state index contributed by atoms with van der Waals surface area (Å²) in [5.41, 5.74) is 2.00. The van der Waals surface area contributed by atoms with Crippen LogP contribution < -0.4 is 16.6 Å². The van der Waals surface area contributed by atoms with Crippen molar-refractivity contribution in [2.45, 2.75) is 25.4 Å². The fourth-order valence-electron chi connectivity index (χ4n) is 1.27. The number of carbonyl (C=O) groups excluding carboxylic acids is 1. The highest BCUT2D eigenvalue weighted by molar-refractivity contribution is 5.72. The Morgan fingerprint density at radius 2 is 2.50 bits per heavy atom. The van der Waals surface area contributed by atoms with Crippen LogP contribution in [0.25, 0.3) is 0 Å². The van der Waals surface area contributed by atoms with E-state index < -0.39 is 0 Å². The van der Waals surface area contributed by atoms with Crippen molar-refractivity contribution in [3.63, 3.8) is 0 Å². The van der Waals surface area contributed by atoms with Crippen LogP contribution in [-0.2, 0) is 4.74 Å². The van der Waals surface area contributed by atoms with Crippen LogP contribution in [0.3, 0.4) is 0 Å². The highest BCUT2D eigenvalue weighted by Crippen LogP contribution is 2.14. The van der Waals surface area contributed by atoms with E-state index >= 15 is 0 Å². The van der Waals surface area contributed by atoms with Crippen molar-refractivity contribution in [3.8, 4) is 0 Å². The molecule has 0 aromatic rings. The third-order valence-electron chi connectivity index (χ3n) is 1.91. The molecule has 1 aliphatic heterocycles. The summed E-state index contributed by atoms with van der Waals surface area (Å²) in [4.78, 5) is 10.6. The normalized spacial score (nSPS) is 22.2. The molecule has 1 fully saturated rings. The van der Waals surface area contributed by atoms with Gasteiger partial charge in [0.05, 0.1) is 6.10 Å². The zero-order chi connectivity index (χ0) is 8.81. The molecule has 12 heavy (non-hydrogen) atoms. The van der Waals surface area contributed by atoms with E-state index in [-0.39, 0.29) is 6.03 Å². The summed E-state index contributed by atoms with van der Waals surface area (Å²) in [6.07, 6.45) is 3.43. The molecule has 5 nitrogen and oxygen atoms in total. The topological polar surface area (TPSA) is 76.4 Å². The van der Waals surface area contributed by atoms with Gasteiger partial charge in [0, 0.05) is 13.2 Å². The van der Waals surface area contributed by atoms with Gasteiger partial charge in [0.1, 0.15) is 0 Å². The number of nitrogens with one attached hydrogen (secondary N) is 2. The van der Waals surface area contributed by atoms with E-state index in [0.717, 1.165) is 25.9 Å². The first-order valence-electron chi connectivity index (χ1n) is 4.19. The predicted molar refractivity (Wildman–Crippen MR) is 44.3 cm³/mol. The molecule has 5 heteroatoms. The van der Waals surface area contributed by atoms with E-state index in [0.29, 0.717) is 12.6 Å².